The SMILES string of the molecule is Cc1c(N2CC(C)OC(C)C2)ccc(NCCCCCNS(=O)(=O)C(C)(C)C)c1F. The minimum Gasteiger partial charge on any atom is -0.383 e. The molecule has 1 aromatic rings. The van der Waals surface area contributed by atoms with E-state index in [-0.39, 0.29) is 18.0 Å². The lowest BCUT2D eigenvalue weighted by Crippen LogP contribution is -2.45. The van der Waals surface area contributed by atoms with Crippen LogP contribution in [0.3, 0.4) is 0 Å². The van der Waals surface area contributed by atoms with Gasteiger partial charge in [0, 0.05) is 37.4 Å². The molecule has 1 heterocycles. The standard InChI is InChI=1S/C22H38FN3O3S/c1-16-14-26(15-17(2)29-16)20-11-10-19(21(23)18(20)3)24-12-8-7-9-13-25-30(27,28)22(4,5)6/h10-11,16-17,24-25H,7-9,12-15H2,1-6H3. The Kier molecular flexibility index (Phi) is 8.53. The number of nitrogens with one attached hydrogen (secondary N) is 2. The minimum atomic E-state index is -3.29. The molecule has 2 atom stereocenters. The highest BCUT2D eigenvalue weighted by Gasteiger charge is 2.28. The molecule has 1 aliphatic heterocycles. The number of rotatable bonds is 9. The van der Waals surface area contributed by atoms with Crippen molar-refractivity contribution in [3.8, 4) is 0 Å². The molecule has 0 bridgehead atoms. The first-order valence-corrected chi connectivity index (χ1v) is 12.3. The molecule has 0 saturated carbocycles. The summed E-state index contributed by atoms with van der Waals surface area (Å²) in [6.07, 6.45) is 2.71. The van der Waals surface area contributed by atoms with Gasteiger partial charge in [-0.15, -0.1) is 0 Å². The number of unbranched alkanes of at least 4 members (excludes halogenated alkanes) is 2. The van der Waals surface area contributed by atoms with Gasteiger partial charge in [0.25, 0.3) is 0 Å². The lowest BCUT2D eigenvalue weighted by Gasteiger charge is -2.37. The largest absolute Gasteiger partial charge is 0.383 e. The fourth-order valence-electron chi connectivity index (χ4n) is 3.60. The third-order valence-electron chi connectivity index (χ3n) is 5.39. The second kappa shape index (κ2) is 10.3. The van der Waals surface area contributed by atoms with E-state index in [1.165, 1.54) is 0 Å². The summed E-state index contributed by atoms with van der Waals surface area (Å²) in [7, 11) is -3.29. The Labute approximate surface area is 181 Å². The second-order valence-corrected chi connectivity index (χ2v) is 11.8. The zero-order valence-electron chi connectivity index (χ0n) is 19.2. The van der Waals surface area contributed by atoms with Crippen molar-refractivity contribution in [2.24, 2.45) is 0 Å². The van der Waals surface area contributed by atoms with Gasteiger partial charge in [-0.25, -0.2) is 17.5 Å². The summed E-state index contributed by atoms with van der Waals surface area (Å²) in [6, 6.07) is 3.78. The molecule has 0 amide bonds. The lowest BCUT2D eigenvalue weighted by atomic mass is 10.1. The molecule has 2 N–H and O–H groups in total. The fourth-order valence-corrected chi connectivity index (χ4v) is 4.45. The molecule has 6 nitrogen and oxygen atoms in total. The third kappa shape index (κ3) is 6.56. The molecule has 1 saturated heterocycles. The maximum absolute atomic E-state index is 14.9. The molecule has 30 heavy (non-hydrogen) atoms. The normalized spacial score (nSPS) is 20.4. The van der Waals surface area contributed by atoms with Crippen LogP contribution in [-0.2, 0) is 14.8 Å². The Balaban J connectivity index is 1.79. The maximum Gasteiger partial charge on any atom is 0.216 e. The summed E-state index contributed by atoms with van der Waals surface area (Å²) in [4.78, 5) is 2.19. The first-order chi connectivity index (χ1) is 13.9. The number of ether oxygens (including phenoxy) is 1. The smallest absolute Gasteiger partial charge is 0.216 e. The Hall–Kier alpha value is -1.38. The highest BCUT2D eigenvalue weighted by molar-refractivity contribution is 7.90. The van der Waals surface area contributed by atoms with Crippen LogP contribution in [0.1, 0.15) is 59.4 Å². The van der Waals surface area contributed by atoms with Crippen LogP contribution < -0.4 is 14.9 Å². The van der Waals surface area contributed by atoms with E-state index in [0.717, 1.165) is 38.0 Å². The number of hydrogen-bond acceptors (Lipinski definition) is 5. The molecular weight excluding hydrogens is 405 g/mol. The van der Waals surface area contributed by atoms with Gasteiger partial charge in [-0.3, -0.25) is 0 Å². The van der Waals surface area contributed by atoms with Gasteiger partial charge < -0.3 is 15.0 Å². The molecule has 0 aromatic heterocycles. The van der Waals surface area contributed by atoms with E-state index in [2.05, 4.69) is 14.9 Å². The van der Waals surface area contributed by atoms with Crippen LogP contribution in [0.25, 0.3) is 0 Å². The van der Waals surface area contributed by atoms with E-state index in [1.807, 2.05) is 26.8 Å². The fraction of sp³-hybridized carbons (Fsp3) is 0.727. The van der Waals surface area contributed by atoms with Crippen molar-refractivity contribution in [2.45, 2.75) is 77.8 Å². The number of morpholine rings is 1. The van der Waals surface area contributed by atoms with Crippen LogP contribution in [0.5, 0.6) is 0 Å². The Bertz CT molecular complexity index is 799. The van der Waals surface area contributed by atoms with Gasteiger partial charge in [-0.2, -0.15) is 0 Å². The molecule has 172 valence electrons. The Morgan fingerprint density at radius 1 is 1.10 bits per heavy atom. The van der Waals surface area contributed by atoms with Crippen LogP contribution in [0.2, 0.25) is 0 Å². The van der Waals surface area contributed by atoms with Crippen LogP contribution in [0.15, 0.2) is 12.1 Å². The van der Waals surface area contributed by atoms with Gasteiger partial charge in [0.15, 0.2) is 5.82 Å². The zero-order chi connectivity index (χ0) is 22.5. The highest BCUT2D eigenvalue weighted by atomic mass is 32.2. The molecular formula is C22H38FN3O3S. The van der Waals surface area contributed by atoms with Gasteiger partial charge in [0.1, 0.15) is 0 Å². The number of sulfonamides is 1. The van der Waals surface area contributed by atoms with Gasteiger partial charge in [0.2, 0.25) is 10.0 Å². The predicted molar refractivity (Wildman–Crippen MR) is 122 cm³/mol. The van der Waals surface area contributed by atoms with Crippen molar-refractivity contribution < 1.29 is 17.5 Å². The molecule has 0 spiro atoms. The van der Waals surface area contributed by atoms with Crippen LogP contribution in [0, 0.1) is 12.7 Å². The van der Waals surface area contributed by atoms with Crippen LogP contribution in [0.4, 0.5) is 15.8 Å². The minimum absolute atomic E-state index is 0.127. The summed E-state index contributed by atoms with van der Waals surface area (Å²) in [6.45, 7) is 13.5. The summed E-state index contributed by atoms with van der Waals surface area (Å²) in [5.74, 6) is -0.211. The number of halogens is 1. The van der Waals surface area contributed by atoms with E-state index in [0.29, 0.717) is 24.3 Å². The van der Waals surface area contributed by atoms with Crippen molar-refractivity contribution in [3.63, 3.8) is 0 Å². The van der Waals surface area contributed by atoms with E-state index >= 15 is 0 Å². The van der Waals surface area contributed by atoms with E-state index in [9.17, 15) is 12.8 Å². The number of hydrogen-bond donors (Lipinski definition) is 2. The second-order valence-electron chi connectivity index (χ2n) is 9.23. The van der Waals surface area contributed by atoms with Crippen molar-refractivity contribution in [1.82, 2.24) is 4.72 Å². The van der Waals surface area contributed by atoms with Crippen LogP contribution in [-0.4, -0.2) is 51.6 Å². The number of nitrogens with zero attached hydrogens (tertiary/aromatic N) is 1. The topological polar surface area (TPSA) is 70.7 Å². The predicted octanol–water partition coefficient (Wildman–Crippen LogP) is 4.05. The number of anilines is 2. The average Bonchev–Trinajstić information content (AvgIpc) is 2.62. The molecule has 2 rings (SSSR count). The lowest BCUT2D eigenvalue weighted by molar-refractivity contribution is -0.00526. The van der Waals surface area contributed by atoms with Gasteiger partial charge in [-0.1, -0.05) is 6.42 Å². The van der Waals surface area contributed by atoms with Crippen molar-refractivity contribution in [1.29, 1.82) is 0 Å². The van der Waals surface area contributed by atoms with Crippen molar-refractivity contribution in [3.05, 3.63) is 23.5 Å². The summed E-state index contributed by atoms with van der Waals surface area (Å²) >= 11 is 0. The highest BCUT2D eigenvalue weighted by Crippen LogP contribution is 2.30. The molecule has 1 fully saturated rings. The van der Waals surface area contributed by atoms with Crippen molar-refractivity contribution >= 4 is 21.4 Å². The monoisotopic (exact) mass is 443 g/mol. The zero-order valence-corrected chi connectivity index (χ0v) is 20.0. The molecule has 0 radical (unpaired) electrons. The summed E-state index contributed by atoms with van der Waals surface area (Å²) < 4.78 is 46.5. The third-order valence-corrected chi connectivity index (χ3v) is 7.58. The van der Waals surface area contributed by atoms with Gasteiger partial charge >= 0.3 is 0 Å². The van der Waals surface area contributed by atoms with Gasteiger partial charge in [-0.05, 0) is 66.5 Å². The molecule has 2 unspecified atom stereocenters. The Morgan fingerprint density at radius 3 is 2.30 bits per heavy atom. The van der Waals surface area contributed by atoms with E-state index < -0.39 is 14.8 Å². The maximum atomic E-state index is 14.9. The number of benzene rings is 1. The molecule has 0 aliphatic carbocycles. The Morgan fingerprint density at radius 2 is 1.70 bits per heavy atom. The first kappa shape index (κ1) is 24.9. The first-order valence-electron chi connectivity index (χ1n) is 10.8. The van der Waals surface area contributed by atoms with Crippen LogP contribution >= 0.6 is 0 Å². The summed E-state index contributed by atoms with van der Waals surface area (Å²) in [5, 5.41) is 3.18. The van der Waals surface area contributed by atoms with Gasteiger partial charge in [0.05, 0.1) is 22.6 Å². The molecule has 1 aromatic carbocycles. The summed E-state index contributed by atoms with van der Waals surface area (Å²) in [5.41, 5.74) is 2.09. The average molecular weight is 444 g/mol. The molecule has 1 aliphatic rings. The quantitative estimate of drug-likeness (QED) is 0.564. The van der Waals surface area contributed by atoms with Crippen molar-refractivity contribution in [2.75, 3.05) is 36.4 Å². The van der Waals surface area contributed by atoms with E-state index in [1.54, 1.807) is 26.8 Å². The molecule has 8 heteroatoms. The van der Waals surface area contributed by atoms with E-state index in [4.69, 9.17) is 4.74 Å².